The lowest BCUT2D eigenvalue weighted by molar-refractivity contribution is 0.0966. The SMILES string of the molecule is CCC(C)C1CN(Cc2nnn(C)n2)C(CC)CN1. The van der Waals surface area contributed by atoms with E-state index in [1.807, 2.05) is 7.05 Å². The second-order valence-electron chi connectivity index (χ2n) is 5.59. The van der Waals surface area contributed by atoms with Crippen LogP contribution in [0.4, 0.5) is 0 Å². The van der Waals surface area contributed by atoms with Crippen molar-refractivity contribution in [1.82, 2.24) is 30.4 Å². The van der Waals surface area contributed by atoms with Crippen LogP contribution in [0, 0.1) is 5.92 Å². The number of aryl methyl sites for hydroxylation is 1. The number of tetrazole rings is 1. The van der Waals surface area contributed by atoms with Gasteiger partial charge in [0.15, 0.2) is 5.82 Å². The van der Waals surface area contributed by atoms with Gasteiger partial charge in [0.1, 0.15) is 0 Å². The molecule has 6 heteroatoms. The first-order valence-electron chi connectivity index (χ1n) is 7.34. The summed E-state index contributed by atoms with van der Waals surface area (Å²) >= 11 is 0. The quantitative estimate of drug-likeness (QED) is 0.854. The molecule has 1 N–H and O–H groups in total. The minimum Gasteiger partial charge on any atom is -0.311 e. The van der Waals surface area contributed by atoms with Gasteiger partial charge in [0, 0.05) is 25.2 Å². The van der Waals surface area contributed by atoms with Crippen molar-refractivity contribution in [1.29, 1.82) is 0 Å². The van der Waals surface area contributed by atoms with Crippen LogP contribution in [-0.2, 0) is 13.6 Å². The van der Waals surface area contributed by atoms with Crippen LogP contribution in [0.2, 0.25) is 0 Å². The fourth-order valence-electron chi connectivity index (χ4n) is 2.71. The molecule has 3 atom stereocenters. The van der Waals surface area contributed by atoms with Crippen LogP contribution in [0.15, 0.2) is 0 Å². The monoisotopic (exact) mass is 266 g/mol. The second kappa shape index (κ2) is 6.43. The lowest BCUT2D eigenvalue weighted by atomic mass is 9.95. The minimum absolute atomic E-state index is 0.573. The zero-order chi connectivity index (χ0) is 13.8. The molecule has 0 spiro atoms. The van der Waals surface area contributed by atoms with Crippen molar-refractivity contribution in [3.8, 4) is 0 Å². The van der Waals surface area contributed by atoms with Crippen LogP contribution in [-0.4, -0.2) is 50.3 Å². The lowest BCUT2D eigenvalue weighted by Gasteiger charge is -2.41. The fraction of sp³-hybridized carbons (Fsp3) is 0.923. The second-order valence-corrected chi connectivity index (χ2v) is 5.59. The van der Waals surface area contributed by atoms with E-state index in [1.165, 1.54) is 11.2 Å². The number of nitrogens with zero attached hydrogens (tertiary/aromatic N) is 5. The Kier molecular flexibility index (Phi) is 4.87. The van der Waals surface area contributed by atoms with E-state index >= 15 is 0 Å². The van der Waals surface area contributed by atoms with E-state index in [0.717, 1.165) is 31.9 Å². The van der Waals surface area contributed by atoms with Gasteiger partial charge in [-0.15, -0.1) is 10.2 Å². The Labute approximate surface area is 115 Å². The largest absolute Gasteiger partial charge is 0.311 e. The van der Waals surface area contributed by atoms with Gasteiger partial charge >= 0.3 is 0 Å². The van der Waals surface area contributed by atoms with Gasteiger partial charge in [-0.3, -0.25) is 4.90 Å². The van der Waals surface area contributed by atoms with Crippen molar-refractivity contribution < 1.29 is 0 Å². The summed E-state index contributed by atoms with van der Waals surface area (Å²) in [4.78, 5) is 4.04. The van der Waals surface area contributed by atoms with E-state index in [0.29, 0.717) is 18.0 Å². The molecule has 108 valence electrons. The normalized spacial score (nSPS) is 26.5. The molecule has 0 radical (unpaired) electrons. The van der Waals surface area contributed by atoms with Crippen LogP contribution in [0.25, 0.3) is 0 Å². The van der Waals surface area contributed by atoms with Crippen molar-refractivity contribution in [2.24, 2.45) is 13.0 Å². The van der Waals surface area contributed by atoms with E-state index < -0.39 is 0 Å². The van der Waals surface area contributed by atoms with Gasteiger partial charge in [-0.1, -0.05) is 27.2 Å². The molecule has 1 aliphatic heterocycles. The fourth-order valence-corrected chi connectivity index (χ4v) is 2.71. The molecule has 1 aliphatic rings. The first-order chi connectivity index (χ1) is 9.13. The maximum absolute atomic E-state index is 4.30. The molecule has 19 heavy (non-hydrogen) atoms. The third kappa shape index (κ3) is 3.51. The lowest BCUT2D eigenvalue weighted by Crippen LogP contribution is -2.57. The predicted molar refractivity (Wildman–Crippen MR) is 74.5 cm³/mol. The molecule has 1 saturated heterocycles. The highest BCUT2D eigenvalue weighted by Crippen LogP contribution is 2.18. The van der Waals surface area contributed by atoms with Gasteiger partial charge in [0.05, 0.1) is 13.6 Å². The molecule has 0 aromatic carbocycles. The van der Waals surface area contributed by atoms with Gasteiger partial charge in [-0.25, -0.2) is 0 Å². The topological polar surface area (TPSA) is 58.9 Å². The van der Waals surface area contributed by atoms with Crippen molar-refractivity contribution in [3.63, 3.8) is 0 Å². The molecule has 1 aromatic rings. The van der Waals surface area contributed by atoms with Crippen LogP contribution in [0.5, 0.6) is 0 Å². The van der Waals surface area contributed by atoms with E-state index in [2.05, 4.69) is 46.4 Å². The van der Waals surface area contributed by atoms with E-state index in [4.69, 9.17) is 0 Å². The smallest absolute Gasteiger partial charge is 0.188 e. The van der Waals surface area contributed by atoms with Crippen molar-refractivity contribution in [3.05, 3.63) is 5.82 Å². The zero-order valence-electron chi connectivity index (χ0n) is 12.5. The molecule has 0 bridgehead atoms. The van der Waals surface area contributed by atoms with Gasteiger partial charge in [-0.2, -0.15) is 4.80 Å². The van der Waals surface area contributed by atoms with E-state index in [9.17, 15) is 0 Å². The average molecular weight is 266 g/mol. The third-order valence-electron chi connectivity index (χ3n) is 4.26. The minimum atomic E-state index is 0.573. The van der Waals surface area contributed by atoms with Crippen molar-refractivity contribution in [2.75, 3.05) is 13.1 Å². The molecule has 1 aromatic heterocycles. The van der Waals surface area contributed by atoms with Crippen molar-refractivity contribution >= 4 is 0 Å². The maximum Gasteiger partial charge on any atom is 0.188 e. The molecule has 0 amide bonds. The van der Waals surface area contributed by atoms with Gasteiger partial charge in [0.25, 0.3) is 0 Å². The van der Waals surface area contributed by atoms with E-state index in [1.54, 1.807) is 0 Å². The summed E-state index contributed by atoms with van der Waals surface area (Å²) in [6.45, 7) is 9.76. The van der Waals surface area contributed by atoms with Gasteiger partial charge in [-0.05, 0) is 17.6 Å². The molecule has 2 rings (SSSR count). The standard InChI is InChI=1S/C13H26N6/c1-5-10(3)12-8-19(11(6-2)7-14-12)9-13-15-17-18(4)16-13/h10-12,14H,5-9H2,1-4H3. The number of piperazine rings is 1. The average Bonchev–Trinajstić information content (AvgIpc) is 2.83. The number of nitrogens with one attached hydrogen (secondary N) is 1. The van der Waals surface area contributed by atoms with E-state index in [-0.39, 0.29) is 0 Å². The van der Waals surface area contributed by atoms with Crippen molar-refractivity contribution in [2.45, 2.75) is 52.2 Å². The Morgan fingerprint density at radius 2 is 2.21 bits per heavy atom. The number of rotatable bonds is 5. The molecule has 6 nitrogen and oxygen atoms in total. The molecular weight excluding hydrogens is 240 g/mol. The highest BCUT2D eigenvalue weighted by Gasteiger charge is 2.29. The first-order valence-corrected chi connectivity index (χ1v) is 7.34. The Morgan fingerprint density at radius 1 is 1.42 bits per heavy atom. The number of aromatic nitrogens is 4. The molecule has 3 unspecified atom stereocenters. The molecule has 1 fully saturated rings. The maximum atomic E-state index is 4.30. The summed E-state index contributed by atoms with van der Waals surface area (Å²) in [5.74, 6) is 1.53. The number of hydrogen-bond donors (Lipinski definition) is 1. The highest BCUT2D eigenvalue weighted by atomic mass is 15.6. The van der Waals surface area contributed by atoms with Gasteiger partial charge < -0.3 is 5.32 Å². The van der Waals surface area contributed by atoms with Crippen LogP contribution in [0.3, 0.4) is 0 Å². The third-order valence-corrected chi connectivity index (χ3v) is 4.26. The summed E-state index contributed by atoms with van der Waals surface area (Å²) in [5, 5.41) is 16.0. The molecular formula is C13H26N6. The Hall–Kier alpha value is -1.01. The van der Waals surface area contributed by atoms with Crippen LogP contribution in [0.1, 0.15) is 39.4 Å². The summed E-state index contributed by atoms with van der Waals surface area (Å²) in [6, 6.07) is 1.15. The highest BCUT2D eigenvalue weighted by molar-refractivity contribution is 4.90. The van der Waals surface area contributed by atoms with Crippen LogP contribution < -0.4 is 5.32 Å². The first kappa shape index (κ1) is 14.4. The van der Waals surface area contributed by atoms with Crippen LogP contribution >= 0.6 is 0 Å². The molecule has 2 heterocycles. The summed E-state index contributed by atoms with van der Waals surface area (Å²) in [5.41, 5.74) is 0. The summed E-state index contributed by atoms with van der Waals surface area (Å²) in [7, 11) is 1.81. The predicted octanol–water partition coefficient (Wildman–Crippen LogP) is 0.809. The number of hydrogen-bond acceptors (Lipinski definition) is 5. The van der Waals surface area contributed by atoms with Gasteiger partial charge in [0.2, 0.25) is 0 Å². The summed E-state index contributed by atoms with van der Waals surface area (Å²) in [6.07, 6.45) is 2.37. The Morgan fingerprint density at radius 3 is 2.79 bits per heavy atom. The molecule has 0 saturated carbocycles. The Bertz CT molecular complexity index is 390. The molecule has 0 aliphatic carbocycles. The zero-order valence-corrected chi connectivity index (χ0v) is 12.5. The summed E-state index contributed by atoms with van der Waals surface area (Å²) < 4.78 is 0. The Balaban J connectivity index is 2.01.